The minimum Gasteiger partial charge on any atom is -0.497 e. The van der Waals surface area contributed by atoms with Gasteiger partial charge in [0.15, 0.2) is 5.82 Å². The van der Waals surface area contributed by atoms with E-state index in [0.717, 1.165) is 46.7 Å². The number of hydrogen-bond donors (Lipinski definition) is 1. The van der Waals surface area contributed by atoms with Crippen LogP contribution in [-0.2, 0) is 20.0 Å². The number of methoxy groups -OCH3 is 1. The fourth-order valence-electron chi connectivity index (χ4n) is 2.64. The van der Waals surface area contributed by atoms with Crippen molar-refractivity contribution >= 4 is 16.9 Å². The molecule has 0 radical (unpaired) electrons. The van der Waals surface area contributed by atoms with E-state index in [2.05, 4.69) is 27.3 Å². The Hall–Kier alpha value is -2.63. The Bertz CT molecular complexity index is 795. The number of nitrogens with zero attached hydrogens (tertiary/aromatic N) is 4. The zero-order valence-corrected chi connectivity index (χ0v) is 13.7. The van der Waals surface area contributed by atoms with Gasteiger partial charge in [-0.1, -0.05) is 25.5 Å². The lowest BCUT2D eigenvalue weighted by Crippen LogP contribution is -2.04. The van der Waals surface area contributed by atoms with Crippen LogP contribution >= 0.6 is 0 Å². The summed E-state index contributed by atoms with van der Waals surface area (Å²) >= 11 is 0. The Morgan fingerprint density at radius 3 is 2.65 bits per heavy atom. The van der Waals surface area contributed by atoms with Crippen molar-refractivity contribution in [3.8, 4) is 5.75 Å². The average molecular weight is 311 g/mol. The first-order valence-corrected chi connectivity index (χ1v) is 7.76. The average Bonchev–Trinajstić information content (AvgIpc) is 2.90. The summed E-state index contributed by atoms with van der Waals surface area (Å²) in [5, 5.41) is 7.96. The zero-order valence-electron chi connectivity index (χ0n) is 13.7. The molecule has 6 heteroatoms. The van der Waals surface area contributed by atoms with Crippen LogP contribution in [0.25, 0.3) is 11.0 Å². The lowest BCUT2D eigenvalue weighted by atomic mass is 10.2. The number of nitrogens with one attached hydrogen (secondary N) is 1. The molecule has 0 fully saturated rings. The van der Waals surface area contributed by atoms with Crippen molar-refractivity contribution in [1.29, 1.82) is 0 Å². The first-order chi connectivity index (χ1) is 11.2. The van der Waals surface area contributed by atoms with E-state index in [1.807, 2.05) is 36.0 Å². The Kier molecular flexibility index (Phi) is 4.41. The maximum atomic E-state index is 5.18. The van der Waals surface area contributed by atoms with Gasteiger partial charge in [0.1, 0.15) is 23.1 Å². The third-order valence-electron chi connectivity index (χ3n) is 3.80. The highest BCUT2D eigenvalue weighted by atomic mass is 16.5. The van der Waals surface area contributed by atoms with E-state index in [1.165, 1.54) is 0 Å². The van der Waals surface area contributed by atoms with Crippen LogP contribution in [-0.4, -0.2) is 26.9 Å². The molecule has 0 aliphatic rings. The van der Waals surface area contributed by atoms with Crippen molar-refractivity contribution in [3.05, 3.63) is 41.9 Å². The van der Waals surface area contributed by atoms with Crippen LogP contribution in [0.5, 0.6) is 5.75 Å². The number of aromatic nitrogens is 4. The maximum Gasteiger partial charge on any atom is 0.155 e. The summed E-state index contributed by atoms with van der Waals surface area (Å²) in [6.07, 6.45) is 3.57. The van der Waals surface area contributed by atoms with Gasteiger partial charge in [0.25, 0.3) is 0 Å². The number of aryl methyl sites for hydroxylation is 2. The van der Waals surface area contributed by atoms with E-state index in [0.29, 0.717) is 6.54 Å². The highest BCUT2D eigenvalue weighted by Gasteiger charge is 2.13. The van der Waals surface area contributed by atoms with E-state index in [4.69, 9.17) is 4.74 Å². The molecule has 0 spiro atoms. The molecule has 3 aromatic rings. The summed E-state index contributed by atoms with van der Waals surface area (Å²) in [7, 11) is 3.60. The molecule has 0 aliphatic carbocycles. The number of hydrogen-bond acceptors (Lipinski definition) is 5. The van der Waals surface area contributed by atoms with Crippen molar-refractivity contribution in [3.63, 3.8) is 0 Å². The Morgan fingerprint density at radius 1 is 1.17 bits per heavy atom. The van der Waals surface area contributed by atoms with Gasteiger partial charge in [0.05, 0.1) is 12.8 Å². The fraction of sp³-hybridized carbons (Fsp3) is 0.353. The molecule has 1 N–H and O–H groups in total. The molecule has 6 nitrogen and oxygen atoms in total. The molecule has 0 amide bonds. The van der Waals surface area contributed by atoms with Crippen LogP contribution in [0, 0.1) is 0 Å². The number of rotatable bonds is 6. The van der Waals surface area contributed by atoms with Crippen molar-refractivity contribution in [2.75, 3.05) is 12.4 Å². The normalized spacial score (nSPS) is 10.9. The van der Waals surface area contributed by atoms with Gasteiger partial charge in [-0.25, -0.2) is 9.97 Å². The quantitative estimate of drug-likeness (QED) is 0.758. The highest BCUT2D eigenvalue weighted by Crippen LogP contribution is 2.23. The number of fused-ring (bicyclic) bond motifs is 1. The second kappa shape index (κ2) is 6.64. The predicted molar refractivity (Wildman–Crippen MR) is 90.6 cm³/mol. The molecule has 0 unspecified atom stereocenters. The van der Waals surface area contributed by atoms with Gasteiger partial charge in [0, 0.05) is 13.6 Å². The van der Waals surface area contributed by atoms with Crippen LogP contribution in [0.2, 0.25) is 0 Å². The molecule has 2 aromatic heterocycles. The van der Waals surface area contributed by atoms with E-state index in [1.54, 1.807) is 13.4 Å². The Morgan fingerprint density at radius 2 is 1.96 bits per heavy atom. The Labute approximate surface area is 135 Å². The monoisotopic (exact) mass is 311 g/mol. The third kappa shape index (κ3) is 3.11. The molecular weight excluding hydrogens is 290 g/mol. The molecule has 0 aliphatic heterocycles. The molecule has 23 heavy (non-hydrogen) atoms. The SMILES string of the molecule is CCCc1nn(C)c2c(NCc3ccc(OC)cc3)ncnc12. The number of anilines is 1. The molecular formula is C17H21N5O. The van der Waals surface area contributed by atoms with Crippen molar-refractivity contribution in [2.45, 2.75) is 26.3 Å². The first-order valence-electron chi connectivity index (χ1n) is 7.76. The van der Waals surface area contributed by atoms with Crippen molar-refractivity contribution < 1.29 is 4.74 Å². The van der Waals surface area contributed by atoms with Gasteiger partial charge in [-0.2, -0.15) is 5.10 Å². The van der Waals surface area contributed by atoms with Crippen LogP contribution in [0.3, 0.4) is 0 Å². The third-order valence-corrected chi connectivity index (χ3v) is 3.80. The first kappa shape index (κ1) is 15.3. The number of benzene rings is 1. The van der Waals surface area contributed by atoms with E-state index < -0.39 is 0 Å². The summed E-state index contributed by atoms with van der Waals surface area (Å²) in [4.78, 5) is 8.79. The predicted octanol–water partition coefficient (Wildman–Crippen LogP) is 2.94. The second-order valence-electron chi connectivity index (χ2n) is 5.44. The summed E-state index contributed by atoms with van der Waals surface area (Å²) in [5.74, 6) is 1.66. The molecule has 3 rings (SSSR count). The van der Waals surface area contributed by atoms with Crippen LogP contribution in [0.1, 0.15) is 24.6 Å². The Balaban J connectivity index is 1.84. The van der Waals surface area contributed by atoms with Crippen LogP contribution in [0.4, 0.5) is 5.82 Å². The van der Waals surface area contributed by atoms with Gasteiger partial charge < -0.3 is 10.1 Å². The minimum absolute atomic E-state index is 0.685. The molecule has 0 atom stereocenters. The summed E-state index contributed by atoms with van der Waals surface area (Å²) in [6, 6.07) is 7.98. The van der Waals surface area contributed by atoms with Gasteiger partial charge in [-0.05, 0) is 24.1 Å². The molecule has 0 saturated heterocycles. The molecule has 1 aromatic carbocycles. The lowest BCUT2D eigenvalue weighted by molar-refractivity contribution is 0.414. The van der Waals surface area contributed by atoms with Gasteiger partial charge in [0.2, 0.25) is 0 Å². The van der Waals surface area contributed by atoms with Gasteiger partial charge in [-0.15, -0.1) is 0 Å². The zero-order chi connectivity index (χ0) is 16.2. The molecule has 2 heterocycles. The number of ether oxygens (including phenoxy) is 1. The second-order valence-corrected chi connectivity index (χ2v) is 5.44. The maximum absolute atomic E-state index is 5.18. The minimum atomic E-state index is 0.685. The summed E-state index contributed by atoms with van der Waals surface area (Å²) in [6.45, 7) is 2.83. The standard InChI is InChI=1S/C17H21N5O/c1-4-5-14-15-16(22(2)21-14)17(20-11-19-15)18-10-12-6-8-13(23-3)9-7-12/h6-9,11H,4-5,10H2,1-3H3,(H,18,19,20). The largest absolute Gasteiger partial charge is 0.497 e. The lowest BCUT2D eigenvalue weighted by Gasteiger charge is -2.08. The topological polar surface area (TPSA) is 64.9 Å². The van der Waals surface area contributed by atoms with Crippen LogP contribution < -0.4 is 10.1 Å². The molecule has 0 saturated carbocycles. The summed E-state index contributed by atoms with van der Waals surface area (Å²) in [5.41, 5.74) is 4.07. The fourth-order valence-corrected chi connectivity index (χ4v) is 2.64. The van der Waals surface area contributed by atoms with Crippen molar-refractivity contribution in [2.24, 2.45) is 7.05 Å². The van der Waals surface area contributed by atoms with E-state index >= 15 is 0 Å². The van der Waals surface area contributed by atoms with Gasteiger partial charge in [-0.3, -0.25) is 4.68 Å². The van der Waals surface area contributed by atoms with Gasteiger partial charge >= 0.3 is 0 Å². The highest BCUT2D eigenvalue weighted by molar-refractivity contribution is 5.87. The van der Waals surface area contributed by atoms with Crippen LogP contribution in [0.15, 0.2) is 30.6 Å². The van der Waals surface area contributed by atoms with E-state index in [-0.39, 0.29) is 0 Å². The molecule has 0 bridgehead atoms. The summed E-state index contributed by atoms with van der Waals surface area (Å²) < 4.78 is 7.04. The van der Waals surface area contributed by atoms with Crippen molar-refractivity contribution in [1.82, 2.24) is 19.7 Å². The van der Waals surface area contributed by atoms with E-state index in [9.17, 15) is 0 Å². The molecule has 120 valence electrons. The smallest absolute Gasteiger partial charge is 0.155 e.